The van der Waals surface area contributed by atoms with Crippen molar-refractivity contribution >= 4 is 130 Å². The van der Waals surface area contributed by atoms with Gasteiger partial charge < -0.3 is 73.3 Å². The van der Waals surface area contributed by atoms with Gasteiger partial charge in [-0.2, -0.15) is 0 Å². The Morgan fingerprint density at radius 2 is 0.468 bits per heavy atom. The summed E-state index contributed by atoms with van der Waals surface area (Å²) in [5, 5.41) is 35.7. The van der Waals surface area contributed by atoms with Gasteiger partial charge in [-0.3, -0.25) is 14.4 Å². The zero-order valence-corrected chi connectivity index (χ0v) is 82.8. The van der Waals surface area contributed by atoms with E-state index in [9.17, 15) is 19.2 Å². The van der Waals surface area contributed by atoms with Gasteiger partial charge in [-0.05, 0) is 231 Å². The molecule has 0 amide bonds. The zero-order valence-electron chi connectivity index (χ0n) is 71.1. The largest absolute Gasteiger partial charge is 1.00 e. The molecular formula is C81H163Br3Cl5KO19. The summed E-state index contributed by atoms with van der Waals surface area (Å²) in [5.74, 6) is 3.13. The summed E-state index contributed by atoms with van der Waals surface area (Å²) in [4.78, 5) is 44.6. The molecule has 19 nitrogen and oxygen atoms in total. The van der Waals surface area contributed by atoms with Crippen molar-refractivity contribution in [2.75, 3.05) is 151 Å². The number of hydrogen-bond donors (Lipinski definition) is 4. The van der Waals surface area contributed by atoms with Crippen LogP contribution in [0.1, 0.15) is 321 Å². The van der Waals surface area contributed by atoms with Crippen LogP contribution in [0.3, 0.4) is 0 Å². The van der Waals surface area contributed by atoms with E-state index in [-0.39, 0.29) is 129 Å². The van der Waals surface area contributed by atoms with Crippen molar-refractivity contribution in [1.29, 1.82) is 0 Å². The zero-order chi connectivity index (χ0) is 82.5. The molecule has 0 saturated carbocycles. The maximum absolute atomic E-state index is 11.6. The third kappa shape index (κ3) is 162. The fraction of sp³-hybridized carbons (Fsp3) is 0.951. The number of rotatable bonds is 63. The first-order valence-corrected chi connectivity index (χ1v) is 46.3. The normalized spacial score (nSPS) is 10.8. The van der Waals surface area contributed by atoms with Gasteiger partial charge in [0.1, 0.15) is 34.3 Å². The number of alkyl halides is 8. The van der Waals surface area contributed by atoms with E-state index < -0.39 is 5.60 Å². The van der Waals surface area contributed by atoms with Crippen LogP contribution in [0.4, 0.5) is 0 Å². The van der Waals surface area contributed by atoms with Crippen molar-refractivity contribution in [1.82, 2.24) is 0 Å². The monoisotopic (exact) mass is 1890 g/mol. The Labute approximate surface area is 759 Å². The molecule has 0 aliphatic rings. The van der Waals surface area contributed by atoms with E-state index in [2.05, 4.69) is 47.8 Å². The van der Waals surface area contributed by atoms with Gasteiger partial charge in [0.25, 0.3) is 0 Å². The van der Waals surface area contributed by atoms with Crippen LogP contribution in [-0.4, -0.2) is 223 Å². The Morgan fingerprint density at radius 3 is 0.725 bits per heavy atom. The molecule has 0 aromatic carbocycles. The first kappa shape index (κ1) is 132. The number of esters is 4. The predicted molar refractivity (Wildman–Crippen MR) is 464 cm³/mol. The summed E-state index contributed by atoms with van der Waals surface area (Å²) >= 11 is 37.5. The SMILES string of the molecule is CC(C)(C)OC(=O)CBr.CC(C)(C)OC(=O)CCCCCBr.CC(C)(C)OC(=O)CCCCCOCCCCCOCCCCCCCl.CC(C)(C)OC(=O)COCCOCCCCCCCl.ClCCCCCCBr.OCCCCCO.OCCCCCOCCCCCCCl.OCCOCCCCCCCl.[K+].[OH-]. The standard InChI is InChI=1S/C21H41ClO4.C14H27ClO4.C11H23ClO2.C10H19BrO2.C8H17ClO2.C6H12BrCl.C6H11BrO2.C5H12O2.K.H2O/c1-21(2,3)26-20(23)14-8-6-11-17-25-19-13-7-12-18-24-16-10-5-4-9-15-22;1-14(2,3)19-13(16)12-18-11-10-17-9-7-5-4-6-8-15;12-8-4-1-2-6-10-14-11-7-3-5-9-13;1-10(2,3)13-9(12)7-5-4-6-8-11;9-5-3-1-2-4-7-11-8-6-10;7-5-3-1-2-4-6-8;1-6(2,3)9-5(8)4-7;6-4-2-1-3-5-7;;/h4-19H2,1-3H3;4-12H2,1-3H3;13H,1-11H2;4-8H2,1-3H3;10H,1-8H2;1-6H2;4H2,1-3H3;6-7H,1-5H2;;1H2/q;;;;;;;;+1;/p-1. The molecule has 5 N–H and O–H groups in total. The molecule has 658 valence electrons. The van der Waals surface area contributed by atoms with Crippen LogP contribution < -0.4 is 51.4 Å². The van der Waals surface area contributed by atoms with Crippen molar-refractivity contribution in [3.63, 3.8) is 0 Å². The van der Waals surface area contributed by atoms with Gasteiger partial charge in [-0.25, -0.2) is 4.79 Å². The number of halogens is 8. The van der Waals surface area contributed by atoms with E-state index >= 15 is 0 Å². The Kier molecular flexibility index (Phi) is 133. The van der Waals surface area contributed by atoms with Gasteiger partial charge in [0.15, 0.2) is 0 Å². The van der Waals surface area contributed by atoms with Crippen LogP contribution in [0.25, 0.3) is 0 Å². The van der Waals surface area contributed by atoms with Gasteiger partial charge in [0.2, 0.25) is 0 Å². The summed E-state index contributed by atoms with van der Waals surface area (Å²) < 4.78 is 52.8. The van der Waals surface area contributed by atoms with Crippen LogP contribution in [0.15, 0.2) is 0 Å². The number of unbranched alkanes of at least 4 members (excludes halogenated alkanes) is 25. The molecule has 0 fully saturated rings. The summed E-state index contributed by atoms with van der Waals surface area (Å²) in [6.07, 6.45) is 39.5. The first-order valence-electron chi connectivity index (χ1n) is 40.2. The molecule has 0 radical (unpaired) electrons. The maximum atomic E-state index is 11.6. The van der Waals surface area contributed by atoms with Gasteiger partial charge in [-0.15, -0.1) is 58.0 Å². The van der Waals surface area contributed by atoms with E-state index in [1.165, 1.54) is 64.2 Å². The minimum Gasteiger partial charge on any atom is -0.870 e. The van der Waals surface area contributed by atoms with Crippen molar-refractivity contribution < 1.29 is 144 Å². The third-order valence-electron chi connectivity index (χ3n) is 13.3. The number of ether oxygens (including phenoxy) is 10. The second-order valence-electron chi connectivity index (χ2n) is 29.2. The van der Waals surface area contributed by atoms with Crippen LogP contribution in [-0.2, 0) is 66.5 Å². The van der Waals surface area contributed by atoms with Crippen molar-refractivity contribution in [3.05, 3.63) is 0 Å². The van der Waals surface area contributed by atoms with Crippen molar-refractivity contribution in [3.8, 4) is 0 Å². The Bertz CT molecular complexity index is 1680. The summed E-state index contributed by atoms with van der Waals surface area (Å²) in [5.41, 5.74) is -1.53. The summed E-state index contributed by atoms with van der Waals surface area (Å²) in [6, 6.07) is 0. The average Bonchev–Trinajstić information content (AvgIpc) is 0.982. The summed E-state index contributed by atoms with van der Waals surface area (Å²) in [7, 11) is 0. The predicted octanol–water partition coefficient (Wildman–Crippen LogP) is 19.0. The number of aliphatic hydroxyl groups is 4. The van der Waals surface area contributed by atoms with E-state index in [4.69, 9.17) is 126 Å². The van der Waals surface area contributed by atoms with Crippen molar-refractivity contribution in [2.24, 2.45) is 0 Å². The third-order valence-corrected chi connectivity index (χ3v) is 16.3. The second-order valence-corrected chi connectivity index (χ2v) is 33.2. The molecular weight excluding hydrogens is 1730 g/mol. The smallest absolute Gasteiger partial charge is 0.870 e. The first-order chi connectivity index (χ1) is 51.0. The van der Waals surface area contributed by atoms with Crippen LogP contribution in [0, 0.1) is 0 Å². The van der Waals surface area contributed by atoms with Gasteiger partial charge in [0.05, 0.1) is 26.4 Å². The number of carbonyl (C=O) groups excluding carboxylic acids is 4. The molecule has 0 unspecified atom stereocenters. The van der Waals surface area contributed by atoms with Gasteiger partial charge in [0, 0.05) is 126 Å². The number of hydrogen-bond acceptors (Lipinski definition) is 19. The fourth-order valence-corrected chi connectivity index (χ4v) is 10.0. The van der Waals surface area contributed by atoms with E-state index in [0.717, 1.165) is 253 Å². The Balaban J connectivity index is -0.000000133. The molecule has 0 aromatic rings. The molecule has 0 spiro atoms. The van der Waals surface area contributed by atoms with Crippen molar-refractivity contribution in [2.45, 2.75) is 343 Å². The van der Waals surface area contributed by atoms with Gasteiger partial charge in [-0.1, -0.05) is 125 Å². The average molecular weight is 1900 g/mol. The Hall–Kier alpha value is 1.97. The van der Waals surface area contributed by atoms with Crippen LogP contribution in [0.2, 0.25) is 0 Å². The maximum Gasteiger partial charge on any atom is 1.00 e. The molecule has 0 saturated heterocycles. The van der Waals surface area contributed by atoms with Crippen LogP contribution in [0.5, 0.6) is 0 Å². The molecule has 0 aliphatic heterocycles. The van der Waals surface area contributed by atoms with Crippen LogP contribution >= 0.6 is 106 Å². The van der Waals surface area contributed by atoms with E-state index in [0.29, 0.717) is 39.3 Å². The number of carbonyl (C=O) groups is 4. The van der Waals surface area contributed by atoms with Gasteiger partial charge >= 0.3 is 75.3 Å². The summed E-state index contributed by atoms with van der Waals surface area (Å²) in [6.45, 7) is 31.3. The molecule has 0 heterocycles. The minimum absolute atomic E-state index is 0. The second kappa shape index (κ2) is 110. The van der Waals surface area contributed by atoms with E-state index in [1.807, 2.05) is 83.1 Å². The number of aliphatic hydroxyl groups excluding tert-OH is 4. The molecule has 0 atom stereocenters. The molecule has 28 heteroatoms. The fourth-order valence-electron chi connectivity index (χ4n) is 8.19. The molecule has 0 aromatic heterocycles. The molecule has 109 heavy (non-hydrogen) atoms. The molecule has 0 rings (SSSR count). The van der Waals surface area contributed by atoms with E-state index in [1.54, 1.807) is 0 Å². The molecule has 0 bridgehead atoms. The Morgan fingerprint density at radius 1 is 0.257 bits per heavy atom. The topological polar surface area (TPSA) is 271 Å². The molecule has 0 aliphatic carbocycles. The quantitative estimate of drug-likeness (QED) is 0.0145. The minimum atomic E-state index is -0.458.